The summed E-state index contributed by atoms with van der Waals surface area (Å²) in [5, 5.41) is 0. The Balaban J connectivity index is 2.61. The van der Waals surface area contributed by atoms with E-state index in [1.165, 1.54) is 24.3 Å². The fourth-order valence-corrected chi connectivity index (χ4v) is 1.83. The topological polar surface area (TPSA) is 26.0 Å². The molecule has 2 N–H and O–H groups in total. The van der Waals surface area contributed by atoms with Gasteiger partial charge < -0.3 is 5.73 Å². The summed E-state index contributed by atoms with van der Waals surface area (Å²) >= 11 is 0. The lowest BCUT2D eigenvalue weighted by Gasteiger charge is -2.13. The Morgan fingerprint density at radius 1 is 1.00 bits per heavy atom. The van der Waals surface area contributed by atoms with Crippen LogP contribution in [0.3, 0.4) is 0 Å². The lowest BCUT2D eigenvalue weighted by molar-refractivity contribution is 0.624. The van der Waals surface area contributed by atoms with E-state index in [-0.39, 0.29) is 17.7 Å². The molecule has 2 rings (SSSR count). The zero-order valence-corrected chi connectivity index (χ0v) is 9.45. The molecule has 0 aliphatic carbocycles. The monoisotopic (exact) mass is 233 g/mol. The first kappa shape index (κ1) is 11.7. The SMILES string of the molecule is CC(N)c1ccc(F)cc1-c1cccc(F)c1. The summed E-state index contributed by atoms with van der Waals surface area (Å²) in [6, 6.07) is 10.2. The molecule has 17 heavy (non-hydrogen) atoms. The van der Waals surface area contributed by atoms with Gasteiger partial charge in [0.05, 0.1) is 0 Å². The Morgan fingerprint density at radius 3 is 2.35 bits per heavy atom. The van der Waals surface area contributed by atoms with Crippen LogP contribution in [0.5, 0.6) is 0 Å². The van der Waals surface area contributed by atoms with Crippen molar-refractivity contribution < 1.29 is 8.78 Å². The first-order chi connectivity index (χ1) is 8.08. The van der Waals surface area contributed by atoms with E-state index in [2.05, 4.69) is 0 Å². The number of hydrogen-bond donors (Lipinski definition) is 1. The second-order valence-corrected chi connectivity index (χ2v) is 4.03. The average Bonchev–Trinajstić information content (AvgIpc) is 2.28. The van der Waals surface area contributed by atoms with E-state index in [1.807, 2.05) is 6.92 Å². The smallest absolute Gasteiger partial charge is 0.123 e. The predicted octanol–water partition coefficient (Wildman–Crippen LogP) is 3.65. The number of benzene rings is 2. The number of halogens is 2. The highest BCUT2D eigenvalue weighted by molar-refractivity contribution is 5.68. The second kappa shape index (κ2) is 4.63. The van der Waals surface area contributed by atoms with E-state index < -0.39 is 0 Å². The van der Waals surface area contributed by atoms with Crippen LogP contribution in [-0.2, 0) is 0 Å². The van der Waals surface area contributed by atoms with Crippen LogP contribution in [0.25, 0.3) is 11.1 Å². The van der Waals surface area contributed by atoms with Crippen molar-refractivity contribution in [2.24, 2.45) is 5.73 Å². The number of nitrogens with two attached hydrogens (primary N) is 1. The van der Waals surface area contributed by atoms with E-state index in [0.29, 0.717) is 11.1 Å². The average molecular weight is 233 g/mol. The van der Waals surface area contributed by atoms with Crippen LogP contribution in [0.15, 0.2) is 42.5 Å². The molecule has 0 aliphatic heterocycles. The molecule has 0 saturated heterocycles. The molecule has 1 atom stereocenters. The van der Waals surface area contributed by atoms with Crippen LogP contribution in [0, 0.1) is 11.6 Å². The summed E-state index contributed by atoms with van der Waals surface area (Å²) in [5.41, 5.74) is 7.90. The molecular formula is C14H13F2N. The van der Waals surface area contributed by atoms with Gasteiger partial charge in [-0.1, -0.05) is 18.2 Å². The molecule has 88 valence electrons. The molecule has 0 saturated carbocycles. The van der Waals surface area contributed by atoms with Crippen LogP contribution in [-0.4, -0.2) is 0 Å². The molecule has 1 unspecified atom stereocenters. The molecule has 2 aromatic carbocycles. The molecular weight excluding hydrogens is 220 g/mol. The summed E-state index contributed by atoms with van der Waals surface area (Å²) in [7, 11) is 0. The fourth-order valence-electron chi connectivity index (χ4n) is 1.83. The van der Waals surface area contributed by atoms with Gasteiger partial charge in [-0.25, -0.2) is 8.78 Å². The molecule has 2 aromatic rings. The molecule has 3 heteroatoms. The minimum Gasteiger partial charge on any atom is -0.324 e. The quantitative estimate of drug-likeness (QED) is 0.841. The lowest BCUT2D eigenvalue weighted by atomic mass is 9.96. The van der Waals surface area contributed by atoms with E-state index in [4.69, 9.17) is 5.73 Å². The van der Waals surface area contributed by atoms with Crippen molar-refractivity contribution in [2.75, 3.05) is 0 Å². The van der Waals surface area contributed by atoms with Crippen molar-refractivity contribution in [3.05, 3.63) is 59.7 Å². The third-order valence-electron chi connectivity index (χ3n) is 2.64. The molecule has 0 spiro atoms. The standard InChI is InChI=1S/C14H13F2N/c1-9(17)13-6-5-12(16)8-14(13)10-3-2-4-11(15)7-10/h2-9H,17H2,1H3. The Bertz CT molecular complexity index is 535. The molecule has 0 bridgehead atoms. The molecule has 0 radical (unpaired) electrons. The number of rotatable bonds is 2. The first-order valence-corrected chi connectivity index (χ1v) is 5.39. The largest absolute Gasteiger partial charge is 0.324 e. The minimum atomic E-state index is -0.353. The van der Waals surface area contributed by atoms with Gasteiger partial charge in [0.25, 0.3) is 0 Å². The van der Waals surface area contributed by atoms with Gasteiger partial charge in [-0.05, 0) is 47.9 Å². The molecule has 0 amide bonds. The third kappa shape index (κ3) is 2.50. The Hall–Kier alpha value is -1.74. The number of hydrogen-bond acceptors (Lipinski definition) is 1. The summed E-state index contributed by atoms with van der Waals surface area (Å²) in [5.74, 6) is -0.698. The highest BCUT2D eigenvalue weighted by Crippen LogP contribution is 2.28. The van der Waals surface area contributed by atoms with Gasteiger partial charge in [-0.3, -0.25) is 0 Å². The van der Waals surface area contributed by atoms with Crippen molar-refractivity contribution in [3.8, 4) is 11.1 Å². The van der Waals surface area contributed by atoms with Crippen LogP contribution in [0.4, 0.5) is 8.78 Å². The third-order valence-corrected chi connectivity index (χ3v) is 2.64. The van der Waals surface area contributed by atoms with Crippen molar-refractivity contribution in [2.45, 2.75) is 13.0 Å². The van der Waals surface area contributed by atoms with Gasteiger partial charge in [0.1, 0.15) is 11.6 Å². The van der Waals surface area contributed by atoms with Gasteiger partial charge in [0.15, 0.2) is 0 Å². The van der Waals surface area contributed by atoms with E-state index in [1.54, 1.807) is 18.2 Å². The van der Waals surface area contributed by atoms with Crippen LogP contribution >= 0.6 is 0 Å². The van der Waals surface area contributed by atoms with Gasteiger partial charge in [-0.2, -0.15) is 0 Å². The summed E-state index contributed by atoms with van der Waals surface area (Å²) in [6.45, 7) is 1.82. The molecule has 0 fully saturated rings. The highest BCUT2D eigenvalue weighted by Gasteiger charge is 2.10. The van der Waals surface area contributed by atoms with Gasteiger partial charge >= 0.3 is 0 Å². The maximum Gasteiger partial charge on any atom is 0.123 e. The van der Waals surface area contributed by atoms with E-state index in [9.17, 15) is 8.78 Å². The van der Waals surface area contributed by atoms with E-state index in [0.717, 1.165) is 5.56 Å². The molecule has 0 aromatic heterocycles. The van der Waals surface area contributed by atoms with Crippen molar-refractivity contribution >= 4 is 0 Å². The Labute approximate surface area is 98.9 Å². The van der Waals surface area contributed by atoms with Gasteiger partial charge in [0, 0.05) is 6.04 Å². The van der Waals surface area contributed by atoms with Crippen molar-refractivity contribution in [1.82, 2.24) is 0 Å². The van der Waals surface area contributed by atoms with Gasteiger partial charge in [-0.15, -0.1) is 0 Å². The van der Waals surface area contributed by atoms with E-state index >= 15 is 0 Å². The second-order valence-electron chi connectivity index (χ2n) is 4.03. The lowest BCUT2D eigenvalue weighted by Crippen LogP contribution is -2.07. The minimum absolute atomic E-state index is 0.228. The normalized spacial score (nSPS) is 12.5. The van der Waals surface area contributed by atoms with Crippen molar-refractivity contribution in [3.63, 3.8) is 0 Å². The first-order valence-electron chi connectivity index (χ1n) is 5.39. The predicted molar refractivity (Wildman–Crippen MR) is 64.4 cm³/mol. The zero-order chi connectivity index (χ0) is 12.4. The summed E-state index contributed by atoms with van der Waals surface area (Å²) in [4.78, 5) is 0. The zero-order valence-electron chi connectivity index (χ0n) is 9.45. The van der Waals surface area contributed by atoms with Crippen LogP contribution in [0.2, 0.25) is 0 Å². The Morgan fingerprint density at radius 2 is 1.71 bits per heavy atom. The molecule has 0 aliphatic rings. The van der Waals surface area contributed by atoms with Gasteiger partial charge in [0.2, 0.25) is 0 Å². The van der Waals surface area contributed by atoms with Crippen LogP contribution in [0.1, 0.15) is 18.5 Å². The fraction of sp³-hybridized carbons (Fsp3) is 0.143. The molecule has 0 heterocycles. The van der Waals surface area contributed by atoms with Crippen molar-refractivity contribution in [1.29, 1.82) is 0 Å². The molecule has 1 nitrogen and oxygen atoms in total. The maximum absolute atomic E-state index is 13.3. The Kier molecular flexibility index (Phi) is 3.20. The maximum atomic E-state index is 13.3. The van der Waals surface area contributed by atoms with Crippen LogP contribution < -0.4 is 5.73 Å². The summed E-state index contributed by atoms with van der Waals surface area (Å²) < 4.78 is 26.4. The highest BCUT2D eigenvalue weighted by atomic mass is 19.1. The summed E-state index contributed by atoms with van der Waals surface area (Å²) in [6.07, 6.45) is 0.